The van der Waals surface area contributed by atoms with Crippen molar-refractivity contribution in [1.29, 1.82) is 0 Å². The van der Waals surface area contributed by atoms with E-state index < -0.39 is 4.92 Å². The molecule has 0 aliphatic heterocycles. The summed E-state index contributed by atoms with van der Waals surface area (Å²) >= 11 is 1.28. The minimum atomic E-state index is -0.470. The summed E-state index contributed by atoms with van der Waals surface area (Å²) in [5.41, 5.74) is 6.82. The Morgan fingerprint density at radius 2 is 2.00 bits per heavy atom. The van der Waals surface area contributed by atoms with Gasteiger partial charge in [0.25, 0.3) is 0 Å². The van der Waals surface area contributed by atoms with Crippen LogP contribution in [0, 0.1) is 17.0 Å². The molecule has 0 atom stereocenters. The molecule has 1 aromatic carbocycles. The number of rotatable bonds is 4. The number of hydrogen-bond donors (Lipinski definition) is 1. The third kappa shape index (κ3) is 3.19. The van der Waals surface area contributed by atoms with Gasteiger partial charge in [0.2, 0.25) is 5.95 Å². The van der Waals surface area contributed by atoms with E-state index in [1.807, 2.05) is 30.3 Å². The van der Waals surface area contributed by atoms with E-state index in [4.69, 9.17) is 5.73 Å². The number of nitrogens with zero attached hydrogens (tertiary/aromatic N) is 3. The molecular weight excluding hydrogens is 264 g/mol. The topological polar surface area (TPSA) is 94.9 Å². The lowest BCUT2D eigenvalue weighted by molar-refractivity contribution is -0.389. The summed E-state index contributed by atoms with van der Waals surface area (Å²) in [7, 11) is 0. The average Bonchev–Trinajstić information content (AvgIpc) is 2.36. The number of hydrogen-bond acceptors (Lipinski definition) is 6. The number of benzene rings is 1. The molecule has 19 heavy (non-hydrogen) atoms. The van der Waals surface area contributed by atoms with Gasteiger partial charge in [-0.2, -0.15) is 4.98 Å². The Morgan fingerprint density at radius 1 is 1.32 bits per heavy atom. The van der Waals surface area contributed by atoms with Gasteiger partial charge in [-0.3, -0.25) is 10.1 Å². The number of nitrogen functional groups attached to an aromatic ring is 1. The van der Waals surface area contributed by atoms with Crippen molar-refractivity contribution in [3.05, 3.63) is 51.7 Å². The second-order valence-electron chi connectivity index (χ2n) is 3.85. The molecule has 0 amide bonds. The first kappa shape index (κ1) is 13.3. The highest BCUT2D eigenvalue weighted by Crippen LogP contribution is 2.31. The van der Waals surface area contributed by atoms with Crippen LogP contribution in [0.5, 0.6) is 0 Å². The molecule has 7 heteroatoms. The summed E-state index contributed by atoms with van der Waals surface area (Å²) in [4.78, 5) is 18.3. The maximum Gasteiger partial charge on any atom is 0.322 e. The summed E-state index contributed by atoms with van der Waals surface area (Å²) in [6.45, 7) is 1.56. The second-order valence-corrected chi connectivity index (χ2v) is 4.82. The van der Waals surface area contributed by atoms with Crippen LogP contribution in [0.2, 0.25) is 0 Å². The number of thioether (sulfide) groups is 1. The normalized spacial score (nSPS) is 10.4. The van der Waals surface area contributed by atoms with E-state index >= 15 is 0 Å². The fourth-order valence-corrected chi connectivity index (χ4v) is 2.61. The summed E-state index contributed by atoms with van der Waals surface area (Å²) in [5, 5.41) is 11.3. The zero-order valence-electron chi connectivity index (χ0n) is 10.2. The molecule has 2 rings (SSSR count). The Kier molecular flexibility index (Phi) is 3.96. The second kappa shape index (κ2) is 5.66. The largest absolute Gasteiger partial charge is 0.368 e. The number of aromatic nitrogens is 2. The molecule has 0 spiro atoms. The summed E-state index contributed by atoms with van der Waals surface area (Å²) in [6.07, 6.45) is 0. The molecule has 1 aromatic heterocycles. The first-order chi connectivity index (χ1) is 9.08. The first-order valence-corrected chi connectivity index (χ1v) is 6.51. The van der Waals surface area contributed by atoms with Crippen molar-refractivity contribution in [3.63, 3.8) is 0 Å². The molecule has 1 heterocycles. The highest BCUT2D eigenvalue weighted by Gasteiger charge is 2.21. The number of anilines is 1. The Balaban J connectivity index is 2.27. The third-order valence-corrected chi connectivity index (χ3v) is 3.48. The zero-order valence-corrected chi connectivity index (χ0v) is 11.1. The quantitative estimate of drug-likeness (QED) is 0.399. The van der Waals surface area contributed by atoms with Gasteiger partial charge in [-0.25, -0.2) is 4.98 Å². The molecule has 0 aliphatic rings. The lowest BCUT2D eigenvalue weighted by Gasteiger charge is -2.05. The van der Waals surface area contributed by atoms with Crippen LogP contribution >= 0.6 is 11.8 Å². The molecule has 0 radical (unpaired) electrons. The highest BCUT2D eigenvalue weighted by molar-refractivity contribution is 7.98. The van der Waals surface area contributed by atoms with E-state index in [1.54, 1.807) is 6.92 Å². The van der Waals surface area contributed by atoms with Gasteiger partial charge in [-0.1, -0.05) is 42.1 Å². The van der Waals surface area contributed by atoms with Gasteiger partial charge >= 0.3 is 5.69 Å². The highest BCUT2D eigenvalue weighted by atomic mass is 32.2. The van der Waals surface area contributed by atoms with Crippen LogP contribution in [0.1, 0.15) is 11.3 Å². The summed E-state index contributed by atoms with van der Waals surface area (Å²) in [5.74, 6) is 0.649. The zero-order chi connectivity index (χ0) is 13.8. The van der Waals surface area contributed by atoms with Gasteiger partial charge < -0.3 is 5.73 Å². The number of aryl methyl sites for hydroxylation is 1. The fraction of sp³-hybridized carbons (Fsp3) is 0.167. The molecule has 98 valence electrons. The monoisotopic (exact) mass is 276 g/mol. The Morgan fingerprint density at radius 3 is 2.63 bits per heavy atom. The van der Waals surface area contributed by atoms with E-state index in [2.05, 4.69) is 9.97 Å². The van der Waals surface area contributed by atoms with E-state index in [1.165, 1.54) is 11.8 Å². The fourth-order valence-electron chi connectivity index (χ4n) is 1.60. The lowest BCUT2D eigenvalue weighted by Crippen LogP contribution is -2.04. The SMILES string of the molecule is Cc1nc(N)nc(SCc2ccccc2)c1[N+](=O)[O-]. The average molecular weight is 276 g/mol. The van der Waals surface area contributed by atoms with E-state index in [9.17, 15) is 10.1 Å². The van der Waals surface area contributed by atoms with Gasteiger partial charge in [0, 0.05) is 5.75 Å². The summed E-state index contributed by atoms with van der Waals surface area (Å²) < 4.78 is 0. The molecule has 0 fully saturated rings. The van der Waals surface area contributed by atoms with Crippen molar-refractivity contribution in [2.45, 2.75) is 17.7 Å². The van der Waals surface area contributed by atoms with Crippen LogP contribution in [0.3, 0.4) is 0 Å². The van der Waals surface area contributed by atoms with Crippen LogP contribution in [-0.2, 0) is 5.75 Å². The molecule has 0 saturated heterocycles. The van der Waals surface area contributed by atoms with Gasteiger partial charge in [0.05, 0.1) is 4.92 Å². The Hall–Kier alpha value is -2.15. The third-order valence-electron chi connectivity index (χ3n) is 2.44. The van der Waals surface area contributed by atoms with Crippen LogP contribution < -0.4 is 5.73 Å². The molecule has 2 N–H and O–H groups in total. The van der Waals surface area contributed by atoms with Crippen LogP contribution in [0.25, 0.3) is 0 Å². The predicted molar refractivity (Wildman–Crippen MR) is 73.8 cm³/mol. The maximum atomic E-state index is 11.0. The minimum absolute atomic E-state index is 0.0543. The first-order valence-electron chi connectivity index (χ1n) is 5.53. The van der Waals surface area contributed by atoms with Crippen molar-refractivity contribution in [2.24, 2.45) is 0 Å². The molecule has 6 nitrogen and oxygen atoms in total. The van der Waals surface area contributed by atoms with Crippen LogP contribution in [0.4, 0.5) is 11.6 Å². The molecule has 0 aliphatic carbocycles. The minimum Gasteiger partial charge on any atom is -0.368 e. The van der Waals surface area contributed by atoms with Crippen LogP contribution in [-0.4, -0.2) is 14.9 Å². The molecular formula is C12H12N4O2S. The van der Waals surface area contributed by atoms with Crippen molar-refractivity contribution in [1.82, 2.24) is 9.97 Å². The van der Waals surface area contributed by atoms with E-state index in [0.717, 1.165) is 5.56 Å². The molecule has 0 saturated carbocycles. The van der Waals surface area contributed by atoms with Crippen LogP contribution in [0.15, 0.2) is 35.4 Å². The van der Waals surface area contributed by atoms with Crippen molar-refractivity contribution in [3.8, 4) is 0 Å². The van der Waals surface area contributed by atoms with E-state index in [-0.39, 0.29) is 17.3 Å². The molecule has 2 aromatic rings. The molecule has 0 unspecified atom stereocenters. The van der Waals surface area contributed by atoms with Gasteiger partial charge in [-0.15, -0.1) is 0 Å². The Labute approximate surface area is 114 Å². The smallest absolute Gasteiger partial charge is 0.322 e. The maximum absolute atomic E-state index is 11.0. The lowest BCUT2D eigenvalue weighted by atomic mass is 10.2. The van der Waals surface area contributed by atoms with Crippen molar-refractivity contribution < 1.29 is 4.92 Å². The van der Waals surface area contributed by atoms with Gasteiger partial charge in [-0.05, 0) is 12.5 Å². The predicted octanol–water partition coefficient (Wildman–Crippen LogP) is 2.57. The number of nitro groups is 1. The Bertz CT molecular complexity index is 604. The van der Waals surface area contributed by atoms with Crippen molar-refractivity contribution in [2.75, 3.05) is 5.73 Å². The summed E-state index contributed by atoms with van der Waals surface area (Å²) in [6, 6.07) is 9.67. The van der Waals surface area contributed by atoms with Gasteiger partial charge in [0.15, 0.2) is 5.03 Å². The number of nitrogens with two attached hydrogens (primary N) is 1. The molecule has 0 bridgehead atoms. The van der Waals surface area contributed by atoms with Crippen molar-refractivity contribution >= 4 is 23.4 Å². The van der Waals surface area contributed by atoms with Gasteiger partial charge in [0.1, 0.15) is 5.69 Å². The van der Waals surface area contributed by atoms with E-state index in [0.29, 0.717) is 10.8 Å². The standard InChI is InChI=1S/C12H12N4O2S/c1-8-10(16(17)18)11(15-12(13)14-8)19-7-9-5-3-2-4-6-9/h2-6H,7H2,1H3,(H2,13,14,15).